The minimum Gasteiger partial charge on any atom is -0.490 e. The van der Waals surface area contributed by atoms with Crippen molar-refractivity contribution >= 4 is 73.4 Å². The summed E-state index contributed by atoms with van der Waals surface area (Å²) in [6.07, 6.45) is 0.988. The van der Waals surface area contributed by atoms with Gasteiger partial charge < -0.3 is 35.0 Å². The Morgan fingerprint density at radius 2 is 1.58 bits per heavy atom. The molecule has 4 atom stereocenters. The van der Waals surface area contributed by atoms with E-state index in [1.807, 2.05) is 164 Å². The number of pyridine rings is 1. The first-order valence-corrected chi connectivity index (χ1v) is 30.1. The number of aromatic nitrogens is 3. The molecular weight excluding hydrogens is 1090 g/mol. The van der Waals surface area contributed by atoms with Crippen molar-refractivity contribution < 1.29 is 38.6 Å². The highest BCUT2D eigenvalue weighted by Crippen LogP contribution is 2.37. The Hall–Kier alpha value is -7.58. The van der Waals surface area contributed by atoms with Crippen LogP contribution in [0.15, 0.2) is 103 Å². The van der Waals surface area contributed by atoms with E-state index in [4.69, 9.17) is 14.5 Å². The second kappa shape index (κ2) is 24.3. The van der Waals surface area contributed by atoms with Gasteiger partial charge in [-0.2, -0.15) is 0 Å². The van der Waals surface area contributed by atoms with Crippen LogP contribution in [0.3, 0.4) is 0 Å². The number of fused-ring (bicyclic) bond motifs is 2. The lowest BCUT2D eigenvalue weighted by Crippen LogP contribution is -2.59. The van der Waals surface area contributed by atoms with Crippen molar-refractivity contribution in [2.45, 2.75) is 130 Å². The van der Waals surface area contributed by atoms with E-state index in [1.165, 1.54) is 16.2 Å². The van der Waals surface area contributed by atoms with Gasteiger partial charge >= 0.3 is 5.97 Å². The van der Waals surface area contributed by atoms with Gasteiger partial charge in [-0.15, -0.1) is 11.3 Å². The molecule has 2 saturated heterocycles. The van der Waals surface area contributed by atoms with Gasteiger partial charge in [-0.3, -0.25) is 29.4 Å². The lowest BCUT2D eigenvalue weighted by atomic mass is 9.85. The molecular formula is C64H73N9O8S2. The predicted molar refractivity (Wildman–Crippen MR) is 325 cm³/mol. The molecule has 17 nitrogen and oxygen atoms in total. The minimum absolute atomic E-state index is 0.0203. The number of ether oxygens (including phenoxy) is 2. The summed E-state index contributed by atoms with van der Waals surface area (Å²) in [5.41, 5.74) is 8.94. The first-order chi connectivity index (χ1) is 39.6. The zero-order valence-corrected chi connectivity index (χ0v) is 50.2. The summed E-state index contributed by atoms with van der Waals surface area (Å²) in [5, 5.41) is 20.5. The summed E-state index contributed by atoms with van der Waals surface area (Å²) in [6.45, 7) is 19.2. The van der Waals surface area contributed by atoms with Gasteiger partial charge in [0, 0.05) is 50.3 Å². The summed E-state index contributed by atoms with van der Waals surface area (Å²) in [6, 6.07) is 28.9. The minimum atomic E-state index is -0.957. The van der Waals surface area contributed by atoms with Gasteiger partial charge in [-0.25, -0.2) is 19.7 Å². The number of rotatable bonds is 15. The molecule has 3 aromatic heterocycles. The molecule has 2 unspecified atom stereocenters. The summed E-state index contributed by atoms with van der Waals surface area (Å²) in [4.78, 5) is 90.8. The van der Waals surface area contributed by atoms with Gasteiger partial charge in [0.15, 0.2) is 10.8 Å². The molecule has 10 rings (SSSR count). The van der Waals surface area contributed by atoms with Crippen molar-refractivity contribution in [2.75, 3.05) is 42.9 Å². The van der Waals surface area contributed by atoms with Gasteiger partial charge in [0.05, 0.1) is 45.0 Å². The quantitative estimate of drug-likeness (QED) is 0.0706. The standard InChI is InChI=1S/C64H73N9O8S2/c1-37-45(46-24-25-53(68-55(46)61(79)81-64(7,8)9)72-31-26-41-14-12-16-47(48(41)34-72)58(76)70-62-67-49-17-10-11-19-52(49)83-62)15-13-18-51(37)80-44-27-29-71(30-28-44)35-54(75)69-57(63(4,5)6)60(78)73-33-43(74)32-50(73)59(77)66-38(2)40-20-22-42(23-21-40)56-39(3)65-36-82-56/h10-25,36,38,43-44,50,57,74H,26-35H2,1-9H3,(H,66,77)(H,69,75)(H,67,70,76)/t38?,43-,50+,57?/m1/s1. The number of amides is 4. The number of thiazole rings is 2. The van der Waals surface area contributed by atoms with Crippen LogP contribution < -0.4 is 25.6 Å². The van der Waals surface area contributed by atoms with Crippen LogP contribution in [0, 0.1) is 19.3 Å². The first-order valence-electron chi connectivity index (χ1n) is 28.4. The van der Waals surface area contributed by atoms with Crippen LogP contribution in [0.25, 0.3) is 31.8 Å². The fourth-order valence-corrected chi connectivity index (χ4v) is 12.9. The van der Waals surface area contributed by atoms with Crippen molar-refractivity contribution in [3.8, 4) is 27.3 Å². The van der Waals surface area contributed by atoms with Crippen molar-refractivity contribution in [1.29, 1.82) is 0 Å². The first kappa shape index (κ1) is 58.6. The van der Waals surface area contributed by atoms with Crippen LogP contribution in [0.2, 0.25) is 0 Å². The van der Waals surface area contributed by atoms with E-state index in [1.54, 1.807) is 11.3 Å². The van der Waals surface area contributed by atoms with Crippen LogP contribution in [0.1, 0.15) is 123 Å². The second-order valence-corrected chi connectivity index (χ2v) is 25.9. The third-order valence-electron chi connectivity index (χ3n) is 15.7. The molecule has 0 aliphatic carbocycles. The number of nitrogens with zero attached hydrogens (tertiary/aromatic N) is 6. The van der Waals surface area contributed by atoms with Gasteiger partial charge in [-0.05, 0) is 136 Å². The fourth-order valence-electron chi connectivity index (χ4n) is 11.2. The van der Waals surface area contributed by atoms with Crippen LogP contribution >= 0.6 is 22.7 Å². The normalized spacial score (nSPS) is 17.6. The predicted octanol–water partition coefficient (Wildman–Crippen LogP) is 10.1. The van der Waals surface area contributed by atoms with Crippen LogP contribution in [0.4, 0.5) is 10.9 Å². The molecule has 4 amide bonds. The monoisotopic (exact) mass is 1160 g/mol. The molecule has 0 saturated carbocycles. The van der Waals surface area contributed by atoms with Crippen LogP contribution in [-0.4, -0.2) is 122 Å². The number of carbonyl (C=O) groups is 5. The molecule has 0 bridgehead atoms. The van der Waals surface area contributed by atoms with Gasteiger partial charge in [0.1, 0.15) is 35.4 Å². The average molecular weight is 1160 g/mol. The number of aliphatic hydroxyl groups excluding tert-OH is 1. The lowest BCUT2D eigenvalue weighted by Gasteiger charge is -2.36. The number of nitrogens with one attached hydrogen (secondary N) is 3. The number of esters is 1. The largest absolute Gasteiger partial charge is 0.490 e. The highest BCUT2D eigenvalue weighted by Gasteiger charge is 2.45. The number of benzene rings is 4. The highest BCUT2D eigenvalue weighted by atomic mass is 32.1. The average Bonchev–Trinajstić information content (AvgIpc) is 4.37. The number of aryl methyl sites for hydroxylation is 1. The van der Waals surface area contributed by atoms with E-state index in [-0.39, 0.29) is 55.1 Å². The lowest BCUT2D eigenvalue weighted by molar-refractivity contribution is -0.144. The van der Waals surface area contributed by atoms with Gasteiger partial charge in [0.25, 0.3) is 5.91 Å². The molecule has 3 aliphatic heterocycles. The smallest absolute Gasteiger partial charge is 0.358 e. The Bertz CT molecular complexity index is 3530. The molecule has 3 aliphatic rings. The molecule has 4 aromatic carbocycles. The Morgan fingerprint density at radius 1 is 0.831 bits per heavy atom. The number of carbonyl (C=O) groups excluding carboxylic acids is 5. The molecule has 6 heterocycles. The summed E-state index contributed by atoms with van der Waals surface area (Å²) >= 11 is 3.00. The number of para-hydroxylation sites is 1. The Kier molecular flexibility index (Phi) is 17.2. The highest BCUT2D eigenvalue weighted by molar-refractivity contribution is 7.22. The number of β-amino-alcohol motifs (C(OH)–C–C–N with tert-alkyl or cyclic N) is 1. The molecule has 19 heteroatoms. The van der Waals surface area contributed by atoms with Gasteiger partial charge in [0.2, 0.25) is 17.7 Å². The number of anilines is 2. The maximum Gasteiger partial charge on any atom is 0.358 e. The molecule has 83 heavy (non-hydrogen) atoms. The second-order valence-electron chi connectivity index (χ2n) is 24.0. The van der Waals surface area contributed by atoms with E-state index in [9.17, 15) is 29.1 Å². The Morgan fingerprint density at radius 3 is 2.29 bits per heavy atom. The molecule has 0 radical (unpaired) electrons. The summed E-state index contributed by atoms with van der Waals surface area (Å²) in [5.74, 6) is -0.644. The fraction of sp³-hybridized carbons (Fsp3) is 0.406. The number of piperidine rings is 1. The third kappa shape index (κ3) is 13.4. The van der Waals surface area contributed by atoms with Crippen molar-refractivity contribution in [1.82, 2.24) is 35.4 Å². The van der Waals surface area contributed by atoms with Gasteiger partial charge in [-0.1, -0.05) is 92.8 Å². The number of hydrogen-bond donors (Lipinski definition) is 4. The zero-order chi connectivity index (χ0) is 58.9. The van der Waals surface area contributed by atoms with Crippen LogP contribution in [0.5, 0.6) is 5.75 Å². The zero-order valence-electron chi connectivity index (χ0n) is 48.6. The maximum atomic E-state index is 14.4. The third-order valence-corrected chi connectivity index (χ3v) is 17.6. The molecule has 4 N–H and O–H groups in total. The van der Waals surface area contributed by atoms with E-state index < -0.39 is 41.1 Å². The van der Waals surface area contributed by atoms with Crippen molar-refractivity contribution in [3.63, 3.8) is 0 Å². The van der Waals surface area contributed by atoms with Crippen molar-refractivity contribution in [2.24, 2.45) is 5.41 Å². The number of likely N-dealkylation sites (tertiary alicyclic amines) is 2. The molecule has 7 aromatic rings. The van der Waals surface area contributed by atoms with Crippen LogP contribution in [-0.2, 0) is 32.1 Å². The van der Waals surface area contributed by atoms with E-state index in [0.29, 0.717) is 73.3 Å². The maximum absolute atomic E-state index is 14.4. The van der Waals surface area contributed by atoms with Crippen molar-refractivity contribution in [3.05, 3.63) is 142 Å². The molecule has 2 fully saturated rings. The molecule has 434 valence electrons. The molecule has 0 spiro atoms. The van der Waals surface area contributed by atoms with E-state index in [0.717, 1.165) is 54.2 Å². The Labute approximate surface area is 492 Å². The van der Waals surface area contributed by atoms with E-state index >= 15 is 0 Å². The Balaban J connectivity index is 0.769. The van der Waals surface area contributed by atoms with E-state index in [2.05, 4.69) is 36.9 Å². The topological polar surface area (TPSA) is 209 Å². The SMILES string of the molecule is Cc1ncsc1-c1ccc(C(C)NC(=O)[C@@H]2C[C@@H](O)CN2C(=O)C(NC(=O)CN2CCC(Oc3cccc(-c4ccc(N5CCc6cccc(C(=O)Nc7nc8ccccc8s7)c6C5)nc4C(=O)OC(C)(C)C)c3C)CC2)C(C)(C)C)cc1. The summed E-state index contributed by atoms with van der Waals surface area (Å²) in [7, 11) is 0. The summed E-state index contributed by atoms with van der Waals surface area (Å²) < 4.78 is 13.7. The number of hydrogen-bond acceptors (Lipinski definition) is 15. The number of aliphatic hydroxyl groups is 1.